The molecule has 0 bridgehead atoms. The number of nitrogens with one attached hydrogen (secondary N) is 2. The molecular weight excluding hydrogens is 419 g/mol. The van der Waals surface area contributed by atoms with Crippen LogP contribution in [0.25, 0.3) is 33.6 Å². The van der Waals surface area contributed by atoms with Crippen molar-refractivity contribution in [1.29, 1.82) is 0 Å². The predicted molar refractivity (Wildman–Crippen MR) is 127 cm³/mol. The van der Waals surface area contributed by atoms with E-state index in [4.69, 9.17) is 10.7 Å². The largest absolute Gasteiger partial charge is 0.374 e. The molecule has 4 N–H and O–H groups in total. The maximum atomic E-state index is 15.1. The van der Waals surface area contributed by atoms with E-state index in [1.165, 1.54) is 18.1 Å². The number of nitrogens with two attached hydrogens (primary N) is 1. The van der Waals surface area contributed by atoms with Gasteiger partial charge in [0.15, 0.2) is 0 Å². The Kier molecular flexibility index (Phi) is 4.33. The van der Waals surface area contributed by atoms with E-state index in [0.29, 0.717) is 39.5 Å². The summed E-state index contributed by atoms with van der Waals surface area (Å²) >= 11 is 0. The van der Waals surface area contributed by atoms with Gasteiger partial charge in [0.25, 0.3) is 5.91 Å². The Morgan fingerprint density at radius 3 is 2.73 bits per heavy atom. The molecule has 168 valence electrons. The SMILES string of the molecule is CNc1c(C(N)=O)c2cnc(C3CC3)c(C=C3CCC3)c2n1-c1c(C)c(F)cc2[nH]ncc12. The number of pyridine rings is 1. The fourth-order valence-electron chi connectivity index (χ4n) is 5.00. The predicted octanol–water partition coefficient (Wildman–Crippen LogP) is 4.93. The van der Waals surface area contributed by atoms with Gasteiger partial charge in [-0.15, -0.1) is 0 Å². The number of hydrogen-bond acceptors (Lipinski definition) is 4. The molecule has 2 fully saturated rings. The van der Waals surface area contributed by atoms with E-state index in [-0.39, 0.29) is 5.82 Å². The summed E-state index contributed by atoms with van der Waals surface area (Å²) in [6.07, 6.45) is 11.2. The molecule has 2 aliphatic carbocycles. The number of carbonyl (C=O) groups excluding carboxylic acids is 1. The highest BCUT2D eigenvalue weighted by Gasteiger charge is 2.32. The molecule has 8 heteroatoms. The lowest BCUT2D eigenvalue weighted by Gasteiger charge is -2.20. The summed E-state index contributed by atoms with van der Waals surface area (Å²) < 4.78 is 17.0. The number of aromatic amines is 1. The van der Waals surface area contributed by atoms with Crippen molar-refractivity contribution in [3.05, 3.63) is 52.2 Å². The van der Waals surface area contributed by atoms with Crippen LogP contribution in [-0.2, 0) is 0 Å². The van der Waals surface area contributed by atoms with Crippen LogP contribution >= 0.6 is 0 Å². The van der Waals surface area contributed by atoms with E-state index in [2.05, 4.69) is 21.6 Å². The minimum atomic E-state index is -0.552. The number of halogens is 1. The monoisotopic (exact) mass is 444 g/mol. The van der Waals surface area contributed by atoms with Crippen LogP contribution in [0.15, 0.2) is 24.0 Å². The smallest absolute Gasteiger partial charge is 0.253 e. The Morgan fingerprint density at radius 1 is 1.30 bits per heavy atom. The third-order valence-electron chi connectivity index (χ3n) is 7.00. The lowest BCUT2D eigenvalue weighted by Crippen LogP contribution is -2.14. The van der Waals surface area contributed by atoms with Crippen LogP contribution < -0.4 is 11.1 Å². The fourth-order valence-corrected chi connectivity index (χ4v) is 5.00. The molecule has 0 spiro atoms. The summed E-state index contributed by atoms with van der Waals surface area (Å²) in [4.78, 5) is 17.5. The van der Waals surface area contributed by atoms with Crippen molar-refractivity contribution in [2.45, 2.75) is 44.9 Å². The van der Waals surface area contributed by atoms with Crippen molar-refractivity contribution in [3.8, 4) is 5.69 Å². The minimum absolute atomic E-state index is 0.346. The third-order valence-corrected chi connectivity index (χ3v) is 7.00. The van der Waals surface area contributed by atoms with Crippen LogP contribution in [0.3, 0.4) is 0 Å². The number of H-pyrrole nitrogens is 1. The van der Waals surface area contributed by atoms with Crippen molar-refractivity contribution < 1.29 is 9.18 Å². The second kappa shape index (κ2) is 7.16. The Morgan fingerprint density at radius 2 is 2.09 bits per heavy atom. The van der Waals surface area contributed by atoms with Crippen molar-refractivity contribution in [3.63, 3.8) is 0 Å². The molecule has 1 amide bonds. The topological polar surface area (TPSA) is 102 Å². The molecule has 6 rings (SSSR count). The zero-order chi connectivity index (χ0) is 22.9. The standard InChI is InChI=1S/C25H25FN6O/c1-12-18(26)9-19-16(11-30-31-19)22(12)32-23-15(8-13-4-3-5-13)21(14-6-7-14)29-10-17(23)20(24(27)33)25(32)28-2/h8-11,14,28H,3-7H2,1-2H3,(H2,27,33)(H,30,31). The molecule has 3 heterocycles. The zero-order valence-electron chi connectivity index (χ0n) is 18.6. The number of anilines is 1. The van der Waals surface area contributed by atoms with Crippen molar-refractivity contribution in [1.82, 2.24) is 19.7 Å². The highest BCUT2D eigenvalue weighted by molar-refractivity contribution is 6.14. The molecule has 2 saturated carbocycles. The van der Waals surface area contributed by atoms with Gasteiger partial charge in [-0.1, -0.05) is 11.6 Å². The third kappa shape index (κ3) is 2.90. The first-order chi connectivity index (χ1) is 16.0. The van der Waals surface area contributed by atoms with Crippen LogP contribution in [0.1, 0.15) is 65.2 Å². The number of nitrogens with zero attached hydrogens (tertiary/aromatic N) is 3. The molecular formula is C25H25FN6O. The Bertz CT molecular complexity index is 1480. The summed E-state index contributed by atoms with van der Waals surface area (Å²) in [5.74, 6) is 0.0319. The number of benzene rings is 1. The number of allylic oxidation sites excluding steroid dienone is 1. The number of rotatable bonds is 5. The van der Waals surface area contributed by atoms with Gasteiger partial charge in [0.2, 0.25) is 0 Å². The van der Waals surface area contributed by atoms with Crippen LogP contribution in [-0.4, -0.2) is 32.7 Å². The quantitative estimate of drug-likeness (QED) is 0.406. The van der Waals surface area contributed by atoms with E-state index in [1.54, 1.807) is 26.4 Å². The summed E-state index contributed by atoms with van der Waals surface area (Å²) in [7, 11) is 1.75. The first-order valence-electron chi connectivity index (χ1n) is 11.4. The highest BCUT2D eigenvalue weighted by Crippen LogP contribution is 2.46. The van der Waals surface area contributed by atoms with E-state index in [9.17, 15) is 4.79 Å². The molecule has 0 aliphatic heterocycles. The van der Waals surface area contributed by atoms with Gasteiger partial charge in [0.05, 0.1) is 34.2 Å². The van der Waals surface area contributed by atoms with Gasteiger partial charge in [0.1, 0.15) is 11.6 Å². The van der Waals surface area contributed by atoms with E-state index < -0.39 is 5.91 Å². The molecule has 1 aromatic carbocycles. The van der Waals surface area contributed by atoms with Crippen LogP contribution in [0.2, 0.25) is 0 Å². The van der Waals surface area contributed by atoms with Crippen LogP contribution in [0, 0.1) is 12.7 Å². The Balaban J connectivity index is 1.83. The second-order valence-electron chi connectivity index (χ2n) is 9.09. The molecule has 7 nitrogen and oxygen atoms in total. The van der Waals surface area contributed by atoms with Crippen molar-refractivity contribution >= 4 is 39.6 Å². The summed E-state index contributed by atoms with van der Waals surface area (Å²) in [6.45, 7) is 1.75. The number of amides is 1. The van der Waals surface area contributed by atoms with Gasteiger partial charge >= 0.3 is 0 Å². The maximum Gasteiger partial charge on any atom is 0.253 e. The average molecular weight is 445 g/mol. The van der Waals surface area contributed by atoms with Crippen LogP contribution in [0.4, 0.5) is 10.2 Å². The molecule has 4 aromatic rings. The van der Waals surface area contributed by atoms with Gasteiger partial charge < -0.3 is 11.1 Å². The van der Waals surface area contributed by atoms with Gasteiger partial charge in [-0.3, -0.25) is 19.4 Å². The van der Waals surface area contributed by atoms with Gasteiger partial charge in [-0.2, -0.15) is 5.10 Å². The summed E-state index contributed by atoms with van der Waals surface area (Å²) in [6, 6.07) is 1.45. The average Bonchev–Trinajstić information content (AvgIpc) is 3.41. The maximum absolute atomic E-state index is 15.1. The normalized spacial score (nSPS) is 15.8. The molecule has 0 radical (unpaired) electrons. The molecule has 33 heavy (non-hydrogen) atoms. The summed E-state index contributed by atoms with van der Waals surface area (Å²) in [5.41, 5.74) is 12.2. The van der Waals surface area contributed by atoms with Crippen molar-refractivity contribution in [2.75, 3.05) is 12.4 Å². The lowest BCUT2D eigenvalue weighted by atomic mass is 9.89. The molecule has 0 atom stereocenters. The Labute approximate surface area is 189 Å². The van der Waals surface area contributed by atoms with Crippen LogP contribution in [0.5, 0.6) is 0 Å². The molecule has 3 aromatic heterocycles. The first kappa shape index (κ1) is 20.0. The number of fused-ring (bicyclic) bond motifs is 2. The number of hydrogen-bond donors (Lipinski definition) is 3. The zero-order valence-corrected chi connectivity index (χ0v) is 18.6. The number of aromatic nitrogens is 4. The molecule has 2 aliphatic rings. The second-order valence-corrected chi connectivity index (χ2v) is 9.09. The fraction of sp³-hybridized carbons (Fsp3) is 0.320. The van der Waals surface area contributed by atoms with Crippen molar-refractivity contribution in [2.24, 2.45) is 5.73 Å². The minimum Gasteiger partial charge on any atom is -0.374 e. The van der Waals surface area contributed by atoms with Gasteiger partial charge in [-0.05, 0) is 45.1 Å². The molecule has 0 unspecified atom stereocenters. The molecule has 0 saturated heterocycles. The van der Waals surface area contributed by atoms with E-state index >= 15 is 4.39 Å². The van der Waals surface area contributed by atoms with Gasteiger partial charge in [0, 0.05) is 41.1 Å². The van der Waals surface area contributed by atoms with E-state index in [0.717, 1.165) is 47.8 Å². The highest BCUT2D eigenvalue weighted by atomic mass is 19.1. The summed E-state index contributed by atoms with van der Waals surface area (Å²) in [5, 5.41) is 11.6. The Hall–Kier alpha value is -3.68. The lowest BCUT2D eigenvalue weighted by molar-refractivity contribution is 0.100. The first-order valence-corrected chi connectivity index (χ1v) is 11.4. The number of primary amides is 1. The van der Waals surface area contributed by atoms with E-state index in [1.807, 2.05) is 4.57 Å². The number of carbonyl (C=O) groups is 1. The van der Waals surface area contributed by atoms with Gasteiger partial charge in [-0.25, -0.2) is 4.39 Å².